The van der Waals surface area contributed by atoms with E-state index in [1.54, 1.807) is 39.5 Å². The van der Waals surface area contributed by atoms with E-state index in [9.17, 15) is 4.79 Å². The highest BCUT2D eigenvalue weighted by molar-refractivity contribution is 5.92. The molecule has 0 aliphatic heterocycles. The van der Waals surface area contributed by atoms with Gasteiger partial charge in [-0.2, -0.15) is 0 Å². The maximum atomic E-state index is 12.2. The molecule has 5 nitrogen and oxygen atoms in total. The molecule has 1 fully saturated rings. The summed E-state index contributed by atoms with van der Waals surface area (Å²) in [5, 5.41) is 3.10. The van der Waals surface area contributed by atoms with Gasteiger partial charge >= 0.3 is 0 Å². The average Bonchev–Trinajstić information content (AvgIpc) is 2.87. The summed E-state index contributed by atoms with van der Waals surface area (Å²) in [6.07, 6.45) is 10.4. The lowest BCUT2D eigenvalue weighted by molar-refractivity contribution is -0.117. The first-order chi connectivity index (χ1) is 11.7. The van der Waals surface area contributed by atoms with Crippen LogP contribution in [0.4, 0.5) is 0 Å². The zero-order valence-electron chi connectivity index (χ0n) is 14.8. The highest BCUT2D eigenvalue weighted by atomic mass is 16.5. The van der Waals surface area contributed by atoms with Gasteiger partial charge in [-0.15, -0.1) is 0 Å². The molecule has 1 aliphatic carbocycles. The first kappa shape index (κ1) is 18.2. The van der Waals surface area contributed by atoms with E-state index >= 15 is 0 Å². The van der Waals surface area contributed by atoms with Crippen molar-refractivity contribution in [3.05, 3.63) is 23.8 Å². The largest absolute Gasteiger partial charge is 0.493 e. The summed E-state index contributed by atoms with van der Waals surface area (Å²) >= 11 is 0. The number of carbonyl (C=O) groups is 1. The van der Waals surface area contributed by atoms with Crippen molar-refractivity contribution in [2.75, 3.05) is 21.3 Å². The second-order valence-electron chi connectivity index (χ2n) is 5.95. The second kappa shape index (κ2) is 9.21. The number of carbonyl (C=O) groups excluding carboxylic acids is 1. The van der Waals surface area contributed by atoms with Crippen LogP contribution < -0.4 is 19.5 Å². The number of nitrogens with one attached hydrogen (secondary N) is 1. The summed E-state index contributed by atoms with van der Waals surface area (Å²) in [4.78, 5) is 12.2. The lowest BCUT2D eigenvalue weighted by Crippen LogP contribution is -2.33. The lowest BCUT2D eigenvalue weighted by atomic mass is 10.1. The Morgan fingerprint density at radius 2 is 1.67 bits per heavy atom. The van der Waals surface area contributed by atoms with Crippen molar-refractivity contribution in [3.8, 4) is 17.2 Å². The number of hydrogen-bond acceptors (Lipinski definition) is 4. The fraction of sp³-hybridized carbons (Fsp3) is 0.526. The van der Waals surface area contributed by atoms with Gasteiger partial charge in [-0.05, 0) is 31.1 Å². The average molecular weight is 333 g/mol. The van der Waals surface area contributed by atoms with E-state index in [0.717, 1.165) is 18.4 Å². The van der Waals surface area contributed by atoms with E-state index < -0.39 is 0 Å². The maximum Gasteiger partial charge on any atom is 0.244 e. The molecule has 0 unspecified atom stereocenters. The predicted molar refractivity (Wildman–Crippen MR) is 94.8 cm³/mol. The Morgan fingerprint density at radius 3 is 2.25 bits per heavy atom. The standard InChI is InChI=1S/C19H27NO4/c1-22-16-12-10-14(18(23-2)19(16)24-3)11-13-17(21)20-15-8-6-4-5-7-9-15/h10-13,15H,4-9H2,1-3H3,(H,20,21)/b13-11+. The topological polar surface area (TPSA) is 56.8 Å². The van der Waals surface area contributed by atoms with Gasteiger partial charge in [0.2, 0.25) is 11.7 Å². The maximum absolute atomic E-state index is 12.2. The molecular weight excluding hydrogens is 306 g/mol. The SMILES string of the molecule is COc1ccc(/C=C/C(=O)NC2CCCCCC2)c(OC)c1OC. The van der Waals surface area contributed by atoms with Crippen LogP contribution in [-0.2, 0) is 4.79 Å². The molecule has 1 N–H and O–H groups in total. The molecule has 24 heavy (non-hydrogen) atoms. The summed E-state index contributed by atoms with van der Waals surface area (Å²) in [6, 6.07) is 3.93. The minimum absolute atomic E-state index is 0.0706. The van der Waals surface area contributed by atoms with Gasteiger partial charge in [0.15, 0.2) is 11.5 Å². The number of rotatable bonds is 6. The normalized spacial score (nSPS) is 15.8. The van der Waals surface area contributed by atoms with Gasteiger partial charge in [0.1, 0.15) is 0 Å². The fourth-order valence-electron chi connectivity index (χ4n) is 3.09. The highest BCUT2D eigenvalue weighted by Gasteiger charge is 2.15. The fourth-order valence-corrected chi connectivity index (χ4v) is 3.09. The molecule has 0 bridgehead atoms. The van der Waals surface area contributed by atoms with Crippen molar-refractivity contribution in [1.29, 1.82) is 0 Å². The summed E-state index contributed by atoms with van der Waals surface area (Å²) in [5.74, 6) is 1.59. The third-order valence-electron chi connectivity index (χ3n) is 4.35. The van der Waals surface area contributed by atoms with Crippen molar-refractivity contribution < 1.29 is 19.0 Å². The van der Waals surface area contributed by atoms with Gasteiger partial charge in [0.05, 0.1) is 21.3 Å². The van der Waals surface area contributed by atoms with Gasteiger partial charge in [-0.3, -0.25) is 4.79 Å². The Labute approximate surface area is 144 Å². The molecule has 0 aromatic heterocycles. The van der Waals surface area contributed by atoms with Gasteiger partial charge in [-0.25, -0.2) is 0 Å². The Kier molecular flexibility index (Phi) is 6.97. The third-order valence-corrected chi connectivity index (χ3v) is 4.35. The van der Waals surface area contributed by atoms with E-state index in [2.05, 4.69) is 5.32 Å². The number of ether oxygens (including phenoxy) is 3. The Hall–Kier alpha value is -2.17. The van der Waals surface area contributed by atoms with Crippen LogP contribution >= 0.6 is 0 Å². The van der Waals surface area contributed by atoms with Crippen LogP contribution in [-0.4, -0.2) is 33.3 Å². The molecule has 0 heterocycles. The third kappa shape index (κ3) is 4.66. The van der Waals surface area contributed by atoms with Crippen molar-refractivity contribution in [2.45, 2.75) is 44.6 Å². The quantitative estimate of drug-likeness (QED) is 0.639. The van der Waals surface area contributed by atoms with Crippen molar-refractivity contribution in [2.24, 2.45) is 0 Å². The van der Waals surface area contributed by atoms with Crippen LogP contribution in [0.5, 0.6) is 17.2 Å². The zero-order valence-corrected chi connectivity index (χ0v) is 14.8. The van der Waals surface area contributed by atoms with Crippen molar-refractivity contribution in [1.82, 2.24) is 5.32 Å². The zero-order chi connectivity index (χ0) is 17.4. The molecule has 0 saturated heterocycles. The van der Waals surface area contributed by atoms with Gasteiger partial charge < -0.3 is 19.5 Å². The van der Waals surface area contributed by atoms with E-state index in [-0.39, 0.29) is 11.9 Å². The number of amides is 1. The number of benzene rings is 1. The second-order valence-corrected chi connectivity index (χ2v) is 5.95. The first-order valence-corrected chi connectivity index (χ1v) is 8.47. The monoisotopic (exact) mass is 333 g/mol. The minimum Gasteiger partial charge on any atom is -0.493 e. The molecule has 2 rings (SSSR count). The summed E-state index contributed by atoms with van der Waals surface area (Å²) < 4.78 is 16.0. The van der Waals surface area contributed by atoms with Crippen LogP contribution in [0.15, 0.2) is 18.2 Å². The van der Waals surface area contributed by atoms with Crippen LogP contribution in [0.1, 0.15) is 44.1 Å². The van der Waals surface area contributed by atoms with Crippen LogP contribution in [0.25, 0.3) is 6.08 Å². The molecule has 1 saturated carbocycles. The molecule has 132 valence electrons. The molecular formula is C19H27NO4. The predicted octanol–water partition coefficient (Wildman–Crippen LogP) is 3.56. The Bertz CT molecular complexity index is 575. The van der Waals surface area contributed by atoms with E-state index in [4.69, 9.17) is 14.2 Å². The van der Waals surface area contributed by atoms with Crippen molar-refractivity contribution in [3.63, 3.8) is 0 Å². The van der Waals surface area contributed by atoms with Crippen LogP contribution in [0.3, 0.4) is 0 Å². The summed E-state index contributed by atoms with van der Waals surface area (Å²) in [6.45, 7) is 0. The summed E-state index contributed by atoms with van der Waals surface area (Å²) in [7, 11) is 4.71. The van der Waals surface area contributed by atoms with E-state index in [0.29, 0.717) is 17.2 Å². The van der Waals surface area contributed by atoms with Crippen LogP contribution in [0.2, 0.25) is 0 Å². The molecule has 0 atom stereocenters. The first-order valence-electron chi connectivity index (χ1n) is 8.47. The molecule has 0 radical (unpaired) electrons. The minimum atomic E-state index is -0.0706. The van der Waals surface area contributed by atoms with Gasteiger partial charge in [-0.1, -0.05) is 25.7 Å². The lowest BCUT2D eigenvalue weighted by Gasteiger charge is -2.15. The molecule has 1 aromatic carbocycles. The smallest absolute Gasteiger partial charge is 0.244 e. The molecule has 5 heteroatoms. The molecule has 1 aliphatic rings. The Morgan fingerprint density at radius 1 is 1.00 bits per heavy atom. The Balaban J connectivity index is 2.08. The van der Waals surface area contributed by atoms with E-state index in [1.165, 1.54) is 25.7 Å². The van der Waals surface area contributed by atoms with Gasteiger partial charge in [0, 0.05) is 17.7 Å². The van der Waals surface area contributed by atoms with Gasteiger partial charge in [0.25, 0.3) is 0 Å². The number of methoxy groups -OCH3 is 3. The van der Waals surface area contributed by atoms with E-state index in [1.807, 2.05) is 6.07 Å². The molecule has 1 aromatic rings. The highest BCUT2D eigenvalue weighted by Crippen LogP contribution is 2.40. The molecule has 0 spiro atoms. The van der Waals surface area contributed by atoms with Crippen LogP contribution in [0, 0.1) is 0 Å². The summed E-state index contributed by atoms with van der Waals surface area (Å²) in [5.41, 5.74) is 0.770. The number of hydrogen-bond donors (Lipinski definition) is 1. The van der Waals surface area contributed by atoms with Crippen molar-refractivity contribution >= 4 is 12.0 Å². The molecule has 1 amide bonds.